The third-order valence-corrected chi connectivity index (χ3v) is 7.81. The molecule has 1 aliphatic carbocycles. The van der Waals surface area contributed by atoms with E-state index in [0.717, 1.165) is 18.5 Å². The lowest BCUT2D eigenvalue weighted by molar-refractivity contribution is -0.0789. The number of methoxy groups -OCH3 is 1. The molecule has 0 N–H and O–H groups in total. The van der Waals surface area contributed by atoms with E-state index in [1.54, 1.807) is 29.6 Å². The Morgan fingerprint density at radius 1 is 1.32 bits per heavy atom. The second kappa shape index (κ2) is 5.96. The van der Waals surface area contributed by atoms with Crippen LogP contribution in [0.5, 0.6) is 5.75 Å². The van der Waals surface area contributed by atoms with E-state index in [1.165, 1.54) is 0 Å². The number of benzene rings is 1. The molecule has 3 rings (SSSR count). The minimum Gasteiger partial charge on any atom is -0.496 e. The Hall–Kier alpha value is -1.11. The average molecular weight is 367 g/mol. The molecule has 1 heterocycles. The Bertz CT molecular complexity index is 769. The summed E-state index contributed by atoms with van der Waals surface area (Å²) >= 11 is 0. The molecule has 0 aromatic heterocycles. The van der Waals surface area contributed by atoms with E-state index in [1.807, 2.05) is 6.92 Å². The summed E-state index contributed by atoms with van der Waals surface area (Å²) in [4.78, 5) is 2.56. The van der Waals surface area contributed by atoms with Crippen molar-refractivity contribution in [2.24, 2.45) is 16.7 Å². The summed E-state index contributed by atoms with van der Waals surface area (Å²) in [5.74, 6) is 1.13. The number of fused-ring (bicyclic) bond motifs is 1. The Labute approximate surface area is 152 Å². The minimum absolute atomic E-state index is 0.0849. The van der Waals surface area contributed by atoms with E-state index in [4.69, 9.17) is 4.74 Å². The van der Waals surface area contributed by atoms with Crippen LogP contribution in [0, 0.1) is 23.7 Å². The van der Waals surface area contributed by atoms with E-state index < -0.39 is 10.0 Å². The summed E-state index contributed by atoms with van der Waals surface area (Å²) in [7, 11) is 2.26. The predicted molar refractivity (Wildman–Crippen MR) is 99.4 cm³/mol. The van der Waals surface area contributed by atoms with E-state index in [9.17, 15) is 8.42 Å². The monoisotopic (exact) mass is 366 g/mol. The summed E-state index contributed by atoms with van der Waals surface area (Å²) in [6, 6.07) is 5.12. The van der Waals surface area contributed by atoms with Gasteiger partial charge in [0.15, 0.2) is 0 Å². The number of hydrogen-bond donors (Lipinski definition) is 0. The number of nitrogens with zero attached hydrogens (tertiary/aromatic N) is 2. The Balaban J connectivity index is 1.90. The highest BCUT2D eigenvalue weighted by molar-refractivity contribution is 7.89. The predicted octanol–water partition coefficient (Wildman–Crippen LogP) is 2.60. The Morgan fingerprint density at radius 2 is 2.00 bits per heavy atom. The van der Waals surface area contributed by atoms with E-state index >= 15 is 0 Å². The number of rotatable bonds is 5. The maximum absolute atomic E-state index is 13.2. The van der Waals surface area contributed by atoms with Crippen molar-refractivity contribution in [3.05, 3.63) is 23.8 Å². The lowest BCUT2D eigenvalue weighted by atomic mass is 9.48. The first kappa shape index (κ1) is 18.7. The largest absolute Gasteiger partial charge is 0.496 e. The molecule has 5 nitrogen and oxygen atoms in total. The molecule has 2 aliphatic rings. The van der Waals surface area contributed by atoms with Crippen LogP contribution in [0.15, 0.2) is 23.1 Å². The highest BCUT2D eigenvalue weighted by Gasteiger charge is 2.64. The molecule has 140 valence electrons. The molecule has 1 saturated heterocycles. The normalized spacial score (nSPS) is 28.7. The summed E-state index contributed by atoms with van der Waals surface area (Å²) in [5.41, 5.74) is 1.13. The molecular weight excluding hydrogens is 336 g/mol. The molecule has 0 spiro atoms. The van der Waals surface area contributed by atoms with Crippen LogP contribution in [0.3, 0.4) is 0 Å². The van der Waals surface area contributed by atoms with Gasteiger partial charge in [-0.25, -0.2) is 8.42 Å². The number of sulfonamides is 1. The van der Waals surface area contributed by atoms with Gasteiger partial charge in [0.05, 0.1) is 12.0 Å². The van der Waals surface area contributed by atoms with Crippen molar-refractivity contribution in [3.8, 4) is 5.75 Å². The smallest absolute Gasteiger partial charge is 0.243 e. The zero-order valence-corrected chi connectivity index (χ0v) is 17.0. The van der Waals surface area contributed by atoms with Crippen LogP contribution in [0.4, 0.5) is 0 Å². The average Bonchev–Trinajstić information content (AvgIpc) is 2.81. The molecule has 2 atom stereocenters. The van der Waals surface area contributed by atoms with Gasteiger partial charge in [0.1, 0.15) is 5.75 Å². The van der Waals surface area contributed by atoms with Gasteiger partial charge in [0.25, 0.3) is 0 Å². The van der Waals surface area contributed by atoms with Gasteiger partial charge in [0.2, 0.25) is 10.0 Å². The van der Waals surface area contributed by atoms with Crippen LogP contribution in [-0.4, -0.2) is 58.5 Å². The zero-order valence-electron chi connectivity index (χ0n) is 16.2. The van der Waals surface area contributed by atoms with Gasteiger partial charge >= 0.3 is 0 Å². The first-order valence-corrected chi connectivity index (χ1v) is 10.3. The van der Waals surface area contributed by atoms with Gasteiger partial charge < -0.3 is 9.64 Å². The number of hydrogen-bond acceptors (Lipinski definition) is 4. The molecule has 6 heteroatoms. The van der Waals surface area contributed by atoms with Crippen LogP contribution < -0.4 is 4.74 Å². The maximum Gasteiger partial charge on any atom is 0.243 e. The highest BCUT2D eigenvalue weighted by Crippen LogP contribution is 2.63. The van der Waals surface area contributed by atoms with Gasteiger partial charge in [-0.2, -0.15) is 4.31 Å². The quantitative estimate of drug-likeness (QED) is 0.804. The molecule has 1 saturated carbocycles. The molecule has 1 aromatic rings. The fourth-order valence-electron chi connectivity index (χ4n) is 5.27. The minimum atomic E-state index is -3.48. The molecule has 0 amide bonds. The van der Waals surface area contributed by atoms with E-state index in [0.29, 0.717) is 29.7 Å². The van der Waals surface area contributed by atoms with E-state index in [2.05, 4.69) is 32.8 Å². The Morgan fingerprint density at radius 3 is 2.52 bits per heavy atom. The lowest BCUT2D eigenvalue weighted by Crippen LogP contribution is -2.57. The van der Waals surface area contributed by atoms with Gasteiger partial charge in [-0.3, -0.25) is 0 Å². The fourth-order valence-corrected chi connectivity index (χ4v) is 6.90. The SMILES string of the molecule is COc1ccc(S(=O)(=O)N2C[C@@H]3C(C)(C)C[C@]3(CN(C)C)C2)cc1C. The lowest BCUT2D eigenvalue weighted by Gasteiger charge is -2.57. The molecule has 0 unspecified atom stereocenters. The second-order valence-corrected chi connectivity index (χ2v) is 10.7. The standard InChI is InChI=1S/C19H30N2O3S/c1-14-9-15(7-8-16(14)24-6)25(22,23)21-10-17-18(2,3)11-19(17,13-21)12-20(4)5/h7-9,17H,10-13H2,1-6H3/t17-,19+/m1/s1. The molecule has 1 aliphatic heterocycles. The van der Waals surface area contributed by atoms with Gasteiger partial charge in [0, 0.05) is 25.0 Å². The molecule has 25 heavy (non-hydrogen) atoms. The van der Waals surface area contributed by atoms with Crippen molar-refractivity contribution in [1.82, 2.24) is 9.21 Å². The van der Waals surface area contributed by atoms with Crippen molar-refractivity contribution >= 4 is 10.0 Å². The zero-order chi connectivity index (χ0) is 18.6. The summed E-state index contributed by atoms with van der Waals surface area (Å²) in [5, 5.41) is 0. The first-order valence-electron chi connectivity index (χ1n) is 8.81. The molecule has 2 fully saturated rings. The first-order chi connectivity index (χ1) is 11.5. The van der Waals surface area contributed by atoms with Gasteiger partial charge in [-0.1, -0.05) is 13.8 Å². The van der Waals surface area contributed by atoms with Gasteiger partial charge in [-0.05, 0) is 62.5 Å². The van der Waals surface area contributed by atoms with Crippen molar-refractivity contribution in [2.45, 2.75) is 32.1 Å². The molecular formula is C19H30N2O3S. The van der Waals surface area contributed by atoms with Crippen LogP contribution in [0.25, 0.3) is 0 Å². The third-order valence-electron chi connectivity index (χ3n) is 6.00. The number of aryl methyl sites for hydroxylation is 1. The number of ether oxygens (including phenoxy) is 1. The highest BCUT2D eigenvalue weighted by atomic mass is 32.2. The van der Waals surface area contributed by atoms with E-state index in [-0.39, 0.29) is 10.8 Å². The van der Waals surface area contributed by atoms with Crippen molar-refractivity contribution in [1.29, 1.82) is 0 Å². The van der Waals surface area contributed by atoms with Crippen LogP contribution >= 0.6 is 0 Å². The third kappa shape index (κ3) is 2.98. The van der Waals surface area contributed by atoms with Crippen molar-refractivity contribution < 1.29 is 13.2 Å². The van der Waals surface area contributed by atoms with Crippen LogP contribution in [0.2, 0.25) is 0 Å². The summed E-state index contributed by atoms with van der Waals surface area (Å²) < 4.78 is 33.4. The van der Waals surface area contributed by atoms with Crippen LogP contribution in [-0.2, 0) is 10.0 Å². The Kier molecular flexibility index (Phi) is 4.45. The molecule has 0 bridgehead atoms. The summed E-state index contributed by atoms with van der Waals surface area (Å²) in [6.07, 6.45) is 1.08. The topological polar surface area (TPSA) is 49.9 Å². The second-order valence-electron chi connectivity index (χ2n) is 8.75. The molecule has 0 radical (unpaired) electrons. The van der Waals surface area contributed by atoms with Crippen LogP contribution in [0.1, 0.15) is 25.8 Å². The maximum atomic E-state index is 13.2. The van der Waals surface area contributed by atoms with Gasteiger partial charge in [-0.15, -0.1) is 0 Å². The van der Waals surface area contributed by atoms with Crippen molar-refractivity contribution in [2.75, 3.05) is 40.8 Å². The molecule has 1 aromatic carbocycles. The summed E-state index contributed by atoms with van der Waals surface area (Å²) in [6.45, 7) is 8.58. The fraction of sp³-hybridized carbons (Fsp3) is 0.684. The van der Waals surface area contributed by atoms with Crippen molar-refractivity contribution in [3.63, 3.8) is 0 Å².